The van der Waals surface area contributed by atoms with Gasteiger partial charge >= 0.3 is 0 Å². The third kappa shape index (κ3) is 2.66. The maximum atomic E-state index is 4.53. The molecule has 0 unspecified atom stereocenters. The number of nitrogens with zero attached hydrogens (tertiary/aromatic N) is 1. The third-order valence-corrected chi connectivity index (χ3v) is 4.23. The lowest BCUT2D eigenvalue weighted by molar-refractivity contribution is 0.309. The van der Waals surface area contributed by atoms with Crippen LogP contribution in [-0.4, -0.2) is 23.5 Å². The summed E-state index contributed by atoms with van der Waals surface area (Å²) in [4.78, 5) is 4.53. The maximum Gasteiger partial charge on any atom is 0.156 e. The number of hydrogen-bond acceptors (Lipinski definition) is 3. The molecule has 1 N–H and O–H groups in total. The summed E-state index contributed by atoms with van der Waals surface area (Å²) in [5.41, 5.74) is 0. The van der Waals surface area contributed by atoms with Gasteiger partial charge in [0.1, 0.15) is 0 Å². The molecule has 3 heteroatoms. The van der Waals surface area contributed by atoms with Gasteiger partial charge in [-0.2, -0.15) is 0 Å². The normalized spacial score (nSPS) is 33.6. The van der Waals surface area contributed by atoms with E-state index in [1.165, 1.54) is 43.0 Å². The summed E-state index contributed by atoms with van der Waals surface area (Å²) in [6, 6.07) is 0.688. The zero-order valence-electron chi connectivity index (χ0n) is 8.96. The second-order valence-electron chi connectivity index (χ2n) is 4.40. The molecule has 0 spiro atoms. The Morgan fingerprint density at radius 2 is 2.14 bits per heavy atom. The summed E-state index contributed by atoms with van der Waals surface area (Å²) in [6.45, 7) is 3.39. The molecule has 0 bridgehead atoms. The molecule has 2 rings (SSSR count). The van der Waals surface area contributed by atoms with Gasteiger partial charge in [-0.05, 0) is 25.2 Å². The highest BCUT2D eigenvalue weighted by Gasteiger charge is 2.22. The highest BCUT2D eigenvalue weighted by Crippen LogP contribution is 2.24. The number of hydrogen-bond donors (Lipinski definition) is 1. The lowest BCUT2D eigenvalue weighted by atomic mass is 9.86. The average molecular weight is 212 g/mol. The first-order valence-electron chi connectivity index (χ1n) is 5.80. The van der Waals surface area contributed by atoms with Crippen molar-refractivity contribution in [1.29, 1.82) is 0 Å². The van der Waals surface area contributed by atoms with Crippen molar-refractivity contribution >= 4 is 16.9 Å². The maximum absolute atomic E-state index is 4.53. The minimum absolute atomic E-state index is 0.688. The molecule has 2 nitrogen and oxygen atoms in total. The number of rotatable bonds is 1. The minimum atomic E-state index is 0.688. The molecule has 1 fully saturated rings. The molecule has 0 aromatic rings. The van der Waals surface area contributed by atoms with Crippen LogP contribution < -0.4 is 5.32 Å². The monoisotopic (exact) mass is 212 g/mol. The van der Waals surface area contributed by atoms with E-state index in [4.69, 9.17) is 0 Å². The quantitative estimate of drug-likeness (QED) is 0.722. The van der Waals surface area contributed by atoms with Gasteiger partial charge in [-0.15, -0.1) is 0 Å². The van der Waals surface area contributed by atoms with Crippen LogP contribution in [0, 0.1) is 5.92 Å². The summed E-state index contributed by atoms with van der Waals surface area (Å²) in [5.74, 6) is 2.07. The molecule has 0 amide bonds. The fourth-order valence-electron chi connectivity index (χ4n) is 2.24. The van der Waals surface area contributed by atoms with E-state index in [2.05, 4.69) is 17.2 Å². The predicted octanol–water partition coefficient (Wildman–Crippen LogP) is 2.65. The topological polar surface area (TPSA) is 24.4 Å². The van der Waals surface area contributed by atoms with Gasteiger partial charge in [-0.1, -0.05) is 31.5 Å². The molecule has 0 aromatic carbocycles. The van der Waals surface area contributed by atoms with Gasteiger partial charge in [-0.25, -0.2) is 0 Å². The Hall–Kier alpha value is -0.180. The molecule has 2 aliphatic rings. The first-order valence-corrected chi connectivity index (χ1v) is 6.78. The van der Waals surface area contributed by atoms with E-state index < -0.39 is 0 Å². The highest BCUT2D eigenvalue weighted by molar-refractivity contribution is 8.13. The van der Waals surface area contributed by atoms with Crippen LogP contribution >= 0.6 is 11.8 Å². The number of nitrogens with one attached hydrogen (secondary N) is 1. The summed E-state index contributed by atoms with van der Waals surface area (Å²) in [7, 11) is 0. The van der Waals surface area contributed by atoms with Crippen molar-refractivity contribution in [3.05, 3.63) is 0 Å². The van der Waals surface area contributed by atoms with E-state index in [9.17, 15) is 0 Å². The summed E-state index contributed by atoms with van der Waals surface area (Å²) >= 11 is 1.90. The number of thioether (sulfide) groups is 1. The van der Waals surface area contributed by atoms with Gasteiger partial charge in [-0.3, -0.25) is 4.99 Å². The fraction of sp³-hybridized carbons (Fsp3) is 0.909. The molecule has 14 heavy (non-hydrogen) atoms. The van der Waals surface area contributed by atoms with Gasteiger partial charge in [0.2, 0.25) is 0 Å². The number of aliphatic imine (C=N–C) groups is 1. The first kappa shape index (κ1) is 10.3. The predicted molar refractivity (Wildman–Crippen MR) is 63.9 cm³/mol. The van der Waals surface area contributed by atoms with Gasteiger partial charge in [0.05, 0.1) is 0 Å². The van der Waals surface area contributed by atoms with E-state index in [0.717, 1.165) is 12.5 Å². The average Bonchev–Trinajstić information content (AvgIpc) is 2.23. The Bertz CT molecular complexity index is 215. The minimum Gasteiger partial charge on any atom is -0.362 e. The van der Waals surface area contributed by atoms with Crippen LogP contribution in [0.25, 0.3) is 0 Å². The van der Waals surface area contributed by atoms with Crippen LogP contribution in [0.5, 0.6) is 0 Å². The Morgan fingerprint density at radius 1 is 1.29 bits per heavy atom. The SMILES string of the molecule is C[C@@H]1CCCC[C@H]1NC1=NCCCS1. The van der Waals surface area contributed by atoms with Crippen molar-refractivity contribution in [3.63, 3.8) is 0 Å². The van der Waals surface area contributed by atoms with Gasteiger partial charge in [0.25, 0.3) is 0 Å². The summed E-state index contributed by atoms with van der Waals surface area (Å²) in [5, 5.41) is 4.82. The Kier molecular flexibility index (Phi) is 3.74. The lowest BCUT2D eigenvalue weighted by Crippen LogP contribution is -2.40. The van der Waals surface area contributed by atoms with E-state index in [1.54, 1.807) is 0 Å². The van der Waals surface area contributed by atoms with Crippen LogP contribution in [0.3, 0.4) is 0 Å². The van der Waals surface area contributed by atoms with Crippen LogP contribution in [0.2, 0.25) is 0 Å². The summed E-state index contributed by atoms with van der Waals surface area (Å²) in [6.07, 6.45) is 6.77. The molecule has 1 aliphatic heterocycles. The van der Waals surface area contributed by atoms with Gasteiger partial charge in [0.15, 0.2) is 5.17 Å². The second-order valence-corrected chi connectivity index (χ2v) is 5.49. The van der Waals surface area contributed by atoms with Crippen molar-refractivity contribution in [2.45, 2.75) is 45.1 Å². The standard InChI is InChI=1S/C11H20N2S/c1-9-5-2-3-6-10(9)13-11-12-7-4-8-14-11/h9-10H,2-8H2,1H3,(H,12,13)/t9-,10-/m1/s1. The largest absolute Gasteiger partial charge is 0.362 e. The highest BCUT2D eigenvalue weighted by atomic mass is 32.2. The smallest absolute Gasteiger partial charge is 0.156 e. The third-order valence-electron chi connectivity index (χ3n) is 3.22. The van der Waals surface area contributed by atoms with Crippen LogP contribution in [0.15, 0.2) is 4.99 Å². The Morgan fingerprint density at radius 3 is 2.86 bits per heavy atom. The Labute approximate surface area is 90.9 Å². The molecular formula is C11H20N2S. The van der Waals surface area contributed by atoms with Crippen LogP contribution in [0.4, 0.5) is 0 Å². The lowest BCUT2D eigenvalue weighted by Gasteiger charge is -2.31. The Balaban J connectivity index is 1.85. The number of amidine groups is 1. The van der Waals surface area contributed by atoms with Gasteiger partial charge < -0.3 is 5.32 Å². The molecule has 0 saturated heterocycles. The first-order chi connectivity index (χ1) is 6.86. The second kappa shape index (κ2) is 5.06. The van der Waals surface area contributed by atoms with E-state index in [-0.39, 0.29) is 0 Å². The van der Waals surface area contributed by atoms with Crippen molar-refractivity contribution in [3.8, 4) is 0 Å². The van der Waals surface area contributed by atoms with Crippen LogP contribution in [-0.2, 0) is 0 Å². The zero-order valence-corrected chi connectivity index (χ0v) is 9.78. The van der Waals surface area contributed by atoms with E-state index >= 15 is 0 Å². The molecule has 1 aliphatic carbocycles. The van der Waals surface area contributed by atoms with Crippen molar-refractivity contribution in [1.82, 2.24) is 5.32 Å². The molecule has 1 saturated carbocycles. The fourth-order valence-corrected chi connectivity index (χ4v) is 3.12. The zero-order chi connectivity index (χ0) is 9.80. The molecular weight excluding hydrogens is 192 g/mol. The van der Waals surface area contributed by atoms with E-state index in [1.807, 2.05) is 11.8 Å². The molecule has 0 aromatic heterocycles. The summed E-state index contributed by atoms with van der Waals surface area (Å²) < 4.78 is 0. The molecule has 1 heterocycles. The molecule has 2 atom stereocenters. The van der Waals surface area contributed by atoms with E-state index in [0.29, 0.717) is 6.04 Å². The van der Waals surface area contributed by atoms with Crippen LogP contribution in [0.1, 0.15) is 39.0 Å². The van der Waals surface area contributed by atoms with Gasteiger partial charge in [0, 0.05) is 18.3 Å². The van der Waals surface area contributed by atoms with Crippen molar-refractivity contribution in [2.24, 2.45) is 10.9 Å². The molecule has 80 valence electrons. The van der Waals surface area contributed by atoms with Crippen molar-refractivity contribution < 1.29 is 0 Å². The molecule has 0 radical (unpaired) electrons. The van der Waals surface area contributed by atoms with Crippen molar-refractivity contribution in [2.75, 3.05) is 12.3 Å².